The zero-order valence-electron chi connectivity index (χ0n) is 15.8. The Labute approximate surface area is 164 Å². The fraction of sp³-hybridized carbons (Fsp3) is 0.611. The predicted molar refractivity (Wildman–Crippen MR) is 102 cm³/mol. The first kappa shape index (κ1) is 21.0. The second kappa shape index (κ2) is 9.19. The summed E-state index contributed by atoms with van der Waals surface area (Å²) < 4.78 is 33.8. The summed E-state index contributed by atoms with van der Waals surface area (Å²) >= 11 is 0. The van der Waals surface area contributed by atoms with Gasteiger partial charge in [-0.05, 0) is 17.7 Å². The van der Waals surface area contributed by atoms with Gasteiger partial charge in [0.2, 0.25) is 0 Å². The Hall–Kier alpha value is -1.72. The van der Waals surface area contributed by atoms with Gasteiger partial charge in [0.15, 0.2) is 9.84 Å². The van der Waals surface area contributed by atoms with E-state index in [0.717, 1.165) is 5.56 Å². The van der Waals surface area contributed by atoms with E-state index in [1.54, 1.807) is 29.2 Å². The molecule has 3 atom stereocenters. The number of aliphatic hydroxyl groups excluding tert-OH is 1. The molecule has 156 valence electrons. The highest BCUT2D eigenvalue weighted by Crippen LogP contribution is 2.16. The van der Waals surface area contributed by atoms with Crippen molar-refractivity contribution < 1.29 is 27.8 Å². The van der Waals surface area contributed by atoms with E-state index in [4.69, 9.17) is 9.47 Å². The number of benzene rings is 1. The van der Waals surface area contributed by atoms with Crippen molar-refractivity contribution in [3.05, 3.63) is 29.8 Å². The number of hydrogen-bond donors (Lipinski definition) is 3. The minimum absolute atomic E-state index is 0.179. The largest absolute Gasteiger partial charge is 0.389 e. The van der Waals surface area contributed by atoms with Crippen LogP contribution in [-0.4, -0.2) is 88.4 Å². The van der Waals surface area contributed by atoms with Crippen LogP contribution in [0.2, 0.25) is 0 Å². The average Bonchev–Trinajstić information content (AvgIpc) is 3.04. The van der Waals surface area contributed by atoms with E-state index in [1.165, 1.54) is 6.26 Å². The summed E-state index contributed by atoms with van der Waals surface area (Å²) in [7, 11) is -3.21. The van der Waals surface area contributed by atoms with Gasteiger partial charge in [-0.25, -0.2) is 13.2 Å². The van der Waals surface area contributed by atoms with Gasteiger partial charge in [0.05, 0.1) is 36.9 Å². The van der Waals surface area contributed by atoms with Gasteiger partial charge in [0.1, 0.15) is 6.10 Å². The number of rotatable bonds is 6. The second-order valence-corrected chi connectivity index (χ2v) is 9.07. The Kier molecular flexibility index (Phi) is 6.89. The fourth-order valence-corrected chi connectivity index (χ4v) is 3.84. The van der Waals surface area contributed by atoms with E-state index >= 15 is 0 Å². The number of carbonyl (C=O) groups is 1. The molecule has 2 fully saturated rings. The number of carbonyl (C=O) groups excluding carboxylic acids is 1. The Bertz CT molecular complexity index is 764. The summed E-state index contributed by atoms with van der Waals surface area (Å²) in [6.07, 6.45) is -0.0554. The van der Waals surface area contributed by atoms with Gasteiger partial charge in [-0.3, -0.25) is 0 Å². The standard InChI is InChI=1S/C18H27N3O6S/c1-28(24,25)14-4-2-13(3-5-14)10-19-15-12-27-16(17(15)22)11-20-18(23)21-6-8-26-9-7-21/h2-5,15-17,19,22H,6-12H2,1H3,(H,20,23)/t15-,16-,17+/m1/s1. The van der Waals surface area contributed by atoms with Crippen molar-refractivity contribution in [3.8, 4) is 0 Å². The first-order valence-corrected chi connectivity index (χ1v) is 11.2. The van der Waals surface area contributed by atoms with Gasteiger partial charge in [0.25, 0.3) is 0 Å². The summed E-state index contributed by atoms with van der Waals surface area (Å²) in [6, 6.07) is 6.17. The molecule has 0 radical (unpaired) electrons. The first-order valence-electron chi connectivity index (χ1n) is 9.27. The van der Waals surface area contributed by atoms with Crippen LogP contribution in [0.1, 0.15) is 5.56 Å². The summed E-state index contributed by atoms with van der Waals surface area (Å²) in [5.41, 5.74) is 0.906. The molecule has 10 heteroatoms. The molecule has 3 N–H and O–H groups in total. The number of ether oxygens (including phenoxy) is 2. The molecule has 2 aliphatic heterocycles. The molecule has 1 aromatic carbocycles. The van der Waals surface area contributed by atoms with Crippen LogP contribution in [-0.2, 0) is 25.9 Å². The monoisotopic (exact) mass is 413 g/mol. The molecular formula is C18H27N3O6S. The Balaban J connectivity index is 1.43. The van der Waals surface area contributed by atoms with Gasteiger partial charge < -0.3 is 30.1 Å². The summed E-state index contributed by atoms with van der Waals surface area (Å²) in [5.74, 6) is 0. The lowest BCUT2D eigenvalue weighted by molar-refractivity contribution is 0.0360. The maximum absolute atomic E-state index is 12.1. The number of amides is 2. The van der Waals surface area contributed by atoms with Crippen LogP contribution in [0.5, 0.6) is 0 Å². The minimum atomic E-state index is -3.21. The molecular weight excluding hydrogens is 386 g/mol. The number of hydrogen-bond acceptors (Lipinski definition) is 7. The van der Waals surface area contributed by atoms with Crippen LogP contribution >= 0.6 is 0 Å². The molecule has 9 nitrogen and oxygen atoms in total. The van der Waals surface area contributed by atoms with Crippen LogP contribution in [0.4, 0.5) is 4.79 Å². The summed E-state index contributed by atoms with van der Waals surface area (Å²) in [6.45, 7) is 3.23. The zero-order chi connectivity index (χ0) is 20.1. The van der Waals surface area contributed by atoms with E-state index in [-0.39, 0.29) is 23.5 Å². The molecule has 2 heterocycles. The fourth-order valence-electron chi connectivity index (χ4n) is 3.21. The minimum Gasteiger partial charge on any atom is -0.389 e. The molecule has 0 aliphatic carbocycles. The Morgan fingerprint density at radius 1 is 1.25 bits per heavy atom. The van der Waals surface area contributed by atoms with Gasteiger partial charge >= 0.3 is 6.03 Å². The van der Waals surface area contributed by atoms with Crippen molar-refractivity contribution in [1.82, 2.24) is 15.5 Å². The molecule has 2 saturated heterocycles. The molecule has 1 aromatic rings. The SMILES string of the molecule is CS(=O)(=O)c1ccc(CN[C@@H]2CO[C@H](CNC(=O)N3CCOCC3)[C@H]2O)cc1. The molecule has 2 amide bonds. The Morgan fingerprint density at radius 2 is 1.93 bits per heavy atom. The van der Waals surface area contributed by atoms with Crippen LogP contribution in [0.3, 0.4) is 0 Å². The summed E-state index contributed by atoms with van der Waals surface area (Å²) in [4.78, 5) is 14.1. The number of urea groups is 1. The van der Waals surface area contributed by atoms with Crippen molar-refractivity contribution in [2.45, 2.75) is 29.7 Å². The van der Waals surface area contributed by atoms with E-state index < -0.39 is 22.0 Å². The van der Waals surface area contributed by atoms with Crippen LogP contribution in [0.15, 0.2) is 29.2 Å². The van der Waals surface area contributed by atoms with Gasteiger partial charge in [-0.15, -0.1) is 0 Å². The number of sulfone groups is 1. The van der Waals surface area contributed by atoms with Gasteiger partial charge in [-0.1, -0.05) is 12.1 Å². The lowest BCUT2D eigenvalue weighted by atomic mass is 10.1. The lowest BCUT2D eigenvalue weighted by Crippen LogP contribution is -2.50. The van der Waals surface area contributed by atoms with Crippen molar-refractivity contribution in [2.75, 3.05) is 45.7 Å². The van der Waals surface area contributed by atoms with Crippen molar-refractivity contribution in [2.24, 2.45) is 0 Å². The Morgan fingerprint density at radius 3 is 2.57 bits per heavy atom. The molecule has 0 unspecified atom stereocenters. The first-order chi connectivity index (χ1) is 13.3. The second-order valence-electron chi connectivity index (χ2n) is 7.05. The third-order valence-corrected chi connectivity index (χ3v) is 6.08. The quantitative estimate of drug-likeness (QED) is 0.567. The molecule has 0 bridgehead atoms. The highest BCUT2D eigenvalue weighted by molar-refractivity contribution is 7.90. The van der Waals surface area contributed by atoms with E-state index in [9.17, 15) is 18.3 Å². The maximum Gasteiger partial charge on any atom is 0.317 e. The summed E-state index contributed by atoms with van der Waals surface area (Å²) in [5, 5.41) is 16.5. The highest BCUT2D eigenvalue weighted by Gasteiger charge is 2.35. The van der Waals surface area contributed by atoms with Gasteiger partial charge in [0, 0.05) is 32.4 Å². The number of morpholine rings is 1. The molecule has 3 rings (SSSR count). The lowest BCUT2D eigenvalue weighted by Gasteiger charge is -2.27. The van der Waals surface area contributed by atoms with Crippen LogP contribution in [0, 0.1) is 0 Å². The molecule has 0 saturated carbocycles. The van der Waals surface area contributed by atoms with Gasteiger partial charge in [-0.2, -0.15) is 0 Å². The predicted octanol–water partition coefficient (Wildman–Crippen LogP) is -0.650. The van der Waals surface area contributed by atoms with Crippen molar-refractivity contribution in [3.63, 3.8) is 0 Å². The van der Waals surface area contributed by atoms with Crippen LogP contribution in [0.25, 0.3) is 0 Å². The number of nitrogens with zero attached hydrogens (tertiary/aromatic N) is 1. The smallest absolute Gasteiger partial charge is 0.317 e. The van der Waals surface area contributed by atoms with E-state index in [1.807, 2.05) is 0 Å². The third-order valence-electron chi connectivity index (χ3n) is 4.96. The van der Waals surface area contributed by atoms with Crippen molar-refractivity contribution in [1.29, 1.82) is 0 Å². The van der Waals surface area contributed by atoms with Crippen LogP contribution < -0.4 is 10.6 Å². The maximum atomic E-state index is 12.1. The average molecular weight is 413 g/mol. The topological polar surface area (TPSA) is 117 Å². The number of aliphatic hydroxyl groups is 1. The highest BCUT2D eigenvalue weighted by atomic mass is 32.2. The molecule has 0 aromatic heterocycles. The van der Waals surface area contributed by atoms with E-state index in [0.29, 0.717) is 39.5 Å². The zero-order valence-corrected chi connectivity index (χ0v) is 16.7. The molecule has 0 spiro atoms. The number of nitrogens with one attached hydrogen (secondary N) is 2. The van der Waals surface area contributed by atoms with E-state index in [2.05, 4.69) is 10.6 Å². The third kappa shape index (κ3) is 5.42. The molecule has 28 heavy (non-hydrogen) atoms. The van der Waals surface area contributed by atoms with Crippen molar-refractivity contribution >= 4 is 15.9 Å². The normalized spacial score (nSPS) is 25.6. The molecule has 2 aliphatic rings.